The van der Waals surface area contributed by atoms with Crippen LogP contribution in [0.25, 0.3) is 5.57 Å². The van der Waals surface area contributed by atoms with Crippen molar-refractivity contribution in [3.8, 4) is 11.5 Å². The maximum absolute atomic E-state index is 12.1. The van der Waals surface area contributed by atoms with Gasteiger partial charge in [-0.3, -0.25) is 0 Å². The number of hydrogen-bond donors (Lipinski definition) is 0. The molecule has 0 fully saturated rings. The number of rotatable bonds is 11. The Morgan fingerprint density at radius 2 is 1.44 bits per heavy atom. The van der Waals surface area contributed by atoms with Crippen LogP contribution >= 0.6 is 0 Å². The Labute approximate surface area is 191 Å². The molecule has 0 aliphatic heterocycles. The van der Waals surface area contributed by atoms with Gasteiger partial charge in [0.25, 0.3) is 0 Å². The van der Waals surface area contributed by atoms with Gasteiger partial charge in [0.15, 0.2) is 0 Å². The van der Waals surface area contributed by atoms with E-state index in [0.717, 1.165) is 35.1 Å². The third-order valence-electron chi connectivity index (χ3n) is 5.13. The molecule has 1 aliphatic carbocycles. The Balaban J connectivity index is 1.77. The Bertz CT molecular complexity index is 1180. The van der Waals surface area contributed by atoms with Crippen molar-refractivity contribution in [3.05, 3.63) is 65.2 Å². The summed E-state index contributed by atoms with van der Waals surface area (Å²) < 4.78 is 58.8. The lowest BCUT2D eigenvalue weighted by molar-refractivity contribution is 0.481. The fourth-order valence-electron chi connectivity index (χ4n) is 3.41. The molecule has 0 aromatic heterocycles. The Kier molecular flexibility index (Phi) is 8.00. The maximum atomic E-state index is 12.1. The van der Waals surface area contributed by atoms with Crippen LogP contribution in [0, 0.1) is 6.08 Å². The molecule has 0 bridgehead atoms. The van der Waals surface area contributed by atoms with Crippen molar-refractivity contribution in [2.45, 2.75) is 52.4 Å². The minimum Gasteiger partial charge on any atom is -0.382 e. The van der Waals surface area contributed by atoms with Crippen LogP contribution in [0.2, 0.25) is 0 Å². The van der Waals surface area contributed by atoms with Gasteiger partial charge in [0.05, 0.1) is 11.5 Å². The summed E-state index contributed by atoms with van der Waals surface area (Å²) in [6, 6.07) is 12.2. The van der Waals surface area contributed by atoms with E-state index in [1.54, 1.807) is 36.4 Å². The van der Waals surface area contributed by atoms with Gasteiger partial charge in [-0.15, -0.1) is 0 Å². The second kappa shape index (κ2) is 10.5. The van der Waals surface area contributed by atoms with Crippen molar-refractivity contribution < 1.29 is 25.2 Å². The normalized spacial score (nSPS) is 13.9. The third-order valence-corrected chi connectivity index (χ3v) is 7.60. The Morgan fingerprint density at radius 3 is 2.06 bits per heavy atom. The molecule has 2 aromatic carbocycles. The smallest absolute Gasteiger partial charge is 0.309 e. The Hall–Kier alpha value is -2.32. The predicted molar refractivity (Wildman–Crippen MR) is 126 cm³/mol. The van der Waals surface area contributed by atoms with Crippen LogP contribution in [0.5, 0.6) is 11.5 Å². The molecule has 0 heterocycles. The zero-order valence-electron chi connectivity index (χ0n) is 18.5. The minimum absolute atomic E-state index is 0.00331. The molecule has 1 radical (unpaired) electrons. The first-order chi connectivity index (χ1) is 15.2. The van der Waals surface area contributed by atoms with Crippen LogP contribution in [0.1, 0.15) is 62.6 Å². The van der Waals surface area contributed by atoms with Gasteiger partial charge in [-0.25, -0.2) is 0 Å². The lowest BCUT2D eigenvalue weighted by atomic mass is 9.88. The summed E-state index contributed by atoms with van der Waals surface area (Å²) in [5.74, 6) is 0.607. The van der Waals surface area contributed by atoms with E-state index in [2.05, 4.69) is 6.08 Å². The monoisotopic (exact) mass is 477 g/mol. The molecule has 0 saturated heterocycles. The van der Waals surface area contributed by atoms with E-state index in [9.17, 15) is 16.8 Å². The molecule has 8 heteroatoms. The van der Waals surface area contributed by atoms with E-state index in [1.807, 2.05) is 19.9 Å². The molecule has 173 valence electrons. The summed E-state index contributed by atoms with van der Waals surface area (Å²) in [6.07, 6.45) is 7.44. The number of benzene rings is 2. The second-order valence-corrected chi connectivity index (χ2v) is 11.2. The summed E-state index contributed by atoms with van der Waals surface area (Å²) in [6.45, 7) is 3.86. The highest BCUT2D eigenvalue weighted by atomic mass is 32.2. The zero-order chi connectivity index (χ0) is 23.2. The highest BCUT2D eigenvalue weighted by Crippen LogP contribution is 2.32. The molecule has 2 aromatic rings. The van der Waals surface area contributed by atoms with Crippen LogP contribution in [0.4, 0.5) is 0 Å². The summed E-state index contributed by atoms with van der Waals surface area (Å²) >= 11 is 0. The highest BCUT2D eigenvalue weighted by Gasteiger charge is 2.18. The van der Waals surface area contributed by atoms with Crippen molar-refractivity contribution in [2.24, 2.45) is 0 Å². The number of aryl methyl sites for hydroxylation is 1. The van der Waals surface area contributed by atoms with Crippen LogP contribution in [0.15, 0.2) is 42.5 Å². The fraction of sp³-hybridized carbons (Fsp3) is 0.417. The average molecular weight is 478 g/mol. The van der Waals surface area contributed by atoms with Crippen molar-refractivity contribution >= 4 is 25.8 Å². The van der Waals surface area contributed by atoms with Gasteiger partial charge in [0.2, 0.25) is 0 Å². The van der Waals surface area contributed by atoms with Crippen LogP contribution < -0.4 is 8.37 Å². The molecular weight excluding hydrogens is 448 g/mol. The summed E-state index contributed by atoms with van der Waals surface area (Å²) in [4.78, 5) is 0. The molecule has 6 nitrogen and oxygen atoms in total. The fourth-order valence-corrected chi connectivity index (χ4v) is 5.65. The first-order valence-corrected chi connectivity index (χ1v) is 14.1. The topological polar surface area (TPSA) is 86.7 Å². The molecule has 0 saturated carbocycles. The molecule has 0 unspecified atom stereocenters. The third kappa shape index (κ3) is 6.84. The predicted octanol–water partition coefficient (Wildman–Crippen LogP) is 4.89. The van der Waals surface area contributed by atoms with E-state index in [1.165, 1.54) is 0 Å². The summed E-state index contributed by atoms with van der Waals surface area (Å²) in [5, 5.41) is 0. The number of allylic oxidation sites excluding steroid dienone is 1. The average Bonchev–Trinajstić information content (AvgIpc) is 2.75. The quantitative estimate of drug-likeness (QED) is 0.429. The van der Waals surface area contributed by atoms with Gasteiger partial charge in [-0.2, -0.15) is 16.8 Å². The maximum Gasteiger partial charge on any atom is 0.309 e. The van der Waals surface area contributed by atoms with Gasteiger partial charge in [-0.1, -0.05) is 44.9 Å². The molecule has 32 heavy (non-hydrogen) atoms. The number of hydrogen-bond acceptors (Lipinski definition) is 6. The minimum atomic E-state index is -3.61. The van der Waals surface area contributed by atoms with E-state index in [0.29, 0.717) is 37.2 Å². The largest absolute Gasteiger partial charge is 0.382 e. The van der Waals surface area contributed by atoms with Gasteiger partial charge in [0.1, 0.15) is 11.5 Å². The standard InChI is InChI=1S/C24H29O6S2/c1-3-5-14-31(25,26)29-23-9-7-8-19(17-23)20-10-11-22-18-24(13-12-21(22)16-20)30-32(27,28)15-6-4-2/h7-9,12-13,17-18H,3-6,10-11,14-15H2,1-2H3. The van der Waals surface area contributed by atoms with Crippen molar-refractivity contribution in [3.63, 3.8) is 0 Å². The van der Waals surface area contributed by atoms with Gasteiger partial charge < -0.3 is 8.37 Å². The molecule has 3 rings (SSSR count). The first kappa shape index (κ1) is 24.3. The summed E-state index contributed by atoms with van der Waals surface area (Å²) in [7, 11) is -7.20. The molecule has 0 N–H and O–H groups in total. The van der Waals surface area contributed by atoms with Crippen molar-refractivity contribution in [1.82, 2.24) is 0 Å². The SMILES string of the molecule is CCCCS(=O)(=O)Oc1cccc(C2=[C]c3ccc(OS(=O)(=O)CCCC)cc3CC2)c1. The molecule has 1 aliphatic rings. The summed E-state index contributed by atoms with van der Waals surface area (Å²) in [5.41, 5.74) is 3.62. The van der Waals surface area contributed by atoms with Gasteiger partial charge in [0, 0.05) is 0 Å². The lowest BCUT2D eigenvalue weighted by Gasteiger charge is -2.18. The second-order valence-electron chi connectivity index (χ2n) is 7.85. The molecular formula is C24H29O6S2. The van der Waals surface area contributed by atoms with Crippen molar-refractivity contribution in [2.75, 3.05) is 11.5 Å². The van der Waals surface area contributed by atoms with E-state index in [4.69, 9.17) is 8.37 Å². The molecule has 0 amide bonds. The number of fused-ring (bicyclic) bond motifs is 1. The number of unbranched alkanes of at least 4 members (excludes halogenated alkanes) is 2. The van der Waals surface area contributed by atoms with Crippen LogP contribution in [-0.4, -0.2) is 28.3 Å². The lowest BCUT2D eigenvalue weighted by Crippen LogP contribution is -2.14. The van der Waals surface area contributed by atoms with Gasteiger partial charge in [-0.05, 0) is 78.3 Å². The van der Waals surface area contributed by atoms with E-state index < -0.39 is 20.2 Å². The van der Waals surface area contributed by atoms with Crippen LogP contribution in [0.3, 0.4) is 0 Å². The van der Waals surface area contributed by atoms with Gasteiger partial charge >= 0.3 is 20.2 Å². The van der Waals surface area contributed by atoms with Crippen LogP contribution in [-0.2, 0) is 26.7 Å². The van der Waals surface area contributed by atoms with Crippen molar-refractivity contribution in [1.29, 1.82) is 0 Å². The molecule has 0 atom stereocenters. The van der Waals surface area contributed by atoms with E-state index >= 15 is 0 Å². The highest BCUT2D eigenvalue weighted by molar-refractivity contribution is 7.87. The zero-order valence-corrected chi connectivity index (χ0v) is 20.1. The van der Waals surface area contributed by atoms with E-state index in [-0.39, 0.29) is 11.5 Å². The molecule has 0 spiro atoms. The Morgan fingerprint density at radius 1 is 0.812 bits per heavy atom. The first-order valence-electron chi connectivity index (χ1n) is 10.9.